The number of aromatic nitrogens is 3. The van der Waals surface area contributed by atoms with Crippen LogP contribution in [0.3, 0.4) is 0 Å². The molecule has 1 aliphatic heterocycles. The van der Waals surface area contributed by atoms with Crippen molar-refractivity contribution >= 4 is 17.4 Å². The summed E-state index contributed by atoms with van der Waals surface area (Å²) in [5, 5.41) is 3.27. The molecule has 1 aromatic carbocycles. The van der Waals surface area contributed by atoms with Gasteiger partial charge in [0.1, 0.15) is 17.3 Å². The monoisotopic (exact) mass is 359 g/mol. The fourth-order valence-electron chi connectivity index (χ4n) is 3.34. The minimum Gasteiger partial charge on any atom is -0.366 e. The first-order valence-corrected chi connectivity index (χ1v) is 9.09. The molecule has 0 spiro atoms. The molecule has 1 aliphatic rings. The number of carbonyl (C=O) groups excluding carboxylic acids is 1. The normalized spacial score (nSPS) is 13.1. The molecule has 0 atom stereocenters. The van der Waals surface area contributed by atoms with Crippen LogP contribution in [-0.4, -0.2) is 27.4 Å². The van der Waals surface area contributed by atoms with Gasteiger partial charge in [-0.25, -0.2) is 9.97 Å². The highest BCUT2D eigenvalue weighted by Crippen LogP contribution is 2.28. The molecule has 0 aliphatic carbocycles. The lowest BCUT2D eigenvalue weighted by molar-refractivity contribution is 0.0980. The number of benzene rings is 1. The van der Waals surface area contributed by atoms with Crippen molar-refractivity contribution in [2.45, 2.75) is 26.3 Å². The Hall–Kier alpha value is -3.28. The number of rotatable bonds is 4. The maximum atomic E-state index is 13.1. The number of aryl methyl sites for hydroxylation is 2. The maximum absolute atomic E-state index is 13.1. The number of pyridine rings is 1. The van der Waals surface area contributed by atoms with Crippen LogP contribution in [0.25, 0.3) is 0 Å². The molecule has 1 amide bonds. The van der Waals surface area contributed by atoms with Gasteiger partial charge in [0.25, 0.3) is 5.91 Å². The van der Waals surface area contributed by atoms with E-state index >= 15 is 0 Å². The predicted molar refractivity (Wildman–Crippen MR) is 105 cm³/mol. The van der Waals surface area contributed by atoms with Crippen LogP contribution >= 0.6 is 0 Å². The third kappa shape index (κ3) is 3.79. The van der Waals surface area contributed by atoms with E-state index in [-0.39, 0.29) is 5.91 Å². The van der Waals surface area contributed by atoms with Crippen LogP contribution in [0, 0.1) is 6.92 Å². The molecule has 136 valence electrons. The molecule has 0 saturated carbocycles. The Morgan fingerprint density at radius 2 is 1.96 bits per heavy atom. The Morgan fingerprint density at radius 1 is 1.15 bits per heavy atom. The number of nitrogens with zero attached hydrogens (tertiary/aromatic N) is 4. The van der Waals surface area contributed by atoms with Crippen LogP contribution in [0.5, 0.6) is 0 Å². The van der Waals surface area contributed by atoms with Crippen molar-refractivity contribution < 1.29 is 4.79 Å². The largest absolute Gasteiger partial charge is 0.366 e. The van der Waals surface area contributed by atoms with E-state index in [1.165, 1.54) is 5.56 Å². The first kappa shape index (κ1) is 17.1. The third-order valence-electron chi connectivity index (χ3n) is 4.64. The Morgan fingerprint density at radius 3 is 2.81 bits per heavy atom. The quantitative estimate of drug-likeness (QED) is 0.773. The van der Waals surface area contributed by atoms with E-state index in [1.54, 1.807) is 25.4 Å². The first-order valence-electron chi connectivity index (χ1n) is 9.09. The molecular formula is C21H21N5O. The second kappa shape index (κ2) is 7.53. The Bertz CT molecular complexity index is 958. The van der Waals surface area contributed by atoms with Crippen LogP contribution < -0.4 is 10.2 Å². The molecule has 6 nitrogen and oxygen atoms in total. The topological polar surface area (TPSA) is 71.0 Å². The SMILES string of the molecule is Cc1nc(NCc2ccncc2)cc(C(=O)N2CCCc3ccccc32)n1. The zero-order valence-electron chi connectivity index (χ0n) is 15.2. The van der Waals surface area contributed by atoms with Gasteiger partial charge in [-0.2, -0.15) is 0 Å². The van der Waals surface area contributed by atoms with E-state index in [1.807, 2.05) is 35.2 Å². The van der Waals surface area contributed by atoms with Crippen LogP contribution in [0.15, 0.2) is 54.9 Å². The molecule has 6 heteroatoms. The van der Waals surface area contributed by atoms with Crippen LogP contribution in [0.1, 0.15) is 33.9 Å². The standard InChI is InChI=1S/C21H21N5O/c1-15-24-18(13-20(25-15)23-14-16-8-10-22-11-9-16)21(27)26-12-4-6-17-5-2-3-7-19(17)26/h2-3,5,7-11,13H,4,6,12,14H2,1H3,(H,23,24,25). The lowest BCUT2D eigenvalue weighted by Crippen LogP contribution is -2.36. The Kier molecular flexibility index (Phi) is 4.78. The zero-order chi connectivity index (χ0) is 18.6. The van der Waals surface area contributed by atoms with Crippen LogP contribution in [0.4, 0.5) is 11.5 Å². The van der Waals surface area contributed by atoms with E-state index in [9.17, 15) is 4.79 Å². The number of para-hydroxylation sites is 1. The van der Waals surface area contributed by atoms with Crippen molar-refractivity contribution in [3.05, 3.63) is 77.5 Å². The molecular weight excluding hydrogens is 338 g/mol. The fraction of sp³-hybridized carbons (Fsp3) is 0.238. The number of nitrogens with one attached hydrogen (secondary N) is 1. The highest BCUT2D eigenvalue weighted by molar-refractivity contribution is 6.05. The average Bonchev–Trinajstić information content (AvgIpc) is 2.72. The smallest absolute Gasteiger partial charge is 0.277 e. The van der Waals surface area contributed by atoms with E-state index < -0.39 is 0 Å². The number of hydrogen-bond donors (Lipinski definition) is 1. The van der Waals surface area contributed by atoms with Gasteiger partial charge in [-0.1, -0.05) is 18.2 Å². The van der Waals surface area contributed by atoms with Crippen LogP contribution in [-0.2, 0) is 13.0 Å². The van der Waals surface area contributed by atoms with Crippen molar-refractivity contribution in [3.8, 4) is 0 Å². The van der Waals surface area contributed by atoms with Crippen LogP contribution in [0.2, 0.25) is 0 Å². The fourth-order valence-corrected chi connectivity index (χ4v) is 3.34. The molecule has 0 unspecified atom stereocenters. The molecule has 27 heavy (non-hydrogen) atoms. The lowest BCUT2D eigenvalue weighted by atomic mass is 10.0. The second-order valence-corrected chi connectivity index (χ2v) is 6.58. The molecule has 4 rings (SSSR count). The molecule has 3 aromatic rings. The minimum absolute atomic E-state index is 0.0837. The number of carbonyl (C=O) groups is 1. The highest BCUT2D eigenvalue weighted by atomic mass is 16.2. The number of hydrogen-bond acceptors (Lipinski definition) is 5. The molecule has 1 N–H and O–H groups in total. The second-order valence-electron chi connectivity index (χ2n) is 6.58. The minimum atomic E-state index is -0.0837. The maximum Gasteiger partial charge on any atom is 0.277 e. The van der Waals surface area contributed by atoms with Gasteiger partial charge in [-0.15, -0.1) is 0 Å². The summed E-state index contributed by atoms with van der Waals surface area (Å²) in [7, 11) is 0. The van der Waals surface area contributed by atoms with Crippen molar-refractivity contribution in [3.63, 3.8) is 0 Å². The van der Waals surface area contributed by atoms with Gasteiger partial charge in [0.05, 0.1) is 0 Å². The molecule has 0 fully saturated rings. The van der Waals surface area contributed by atoms with Crippen molar-refractivity contribution in [1.82, 2.24) is 15.0 Å². The number of amides is 1. The third-order valence-corrected chi connectivity index (χ3v) is 4.64. The summed E-state index contributed by atoms with van der Waals surface area (Å²) >= 11 is 0. The summed E-state index contributed by atoms with van der Waals surface area (Å²) in [5.74, 6) is 1.14. The number of fused-ring (bicyclic) bond motifs is 1. The van der Waals surface area contributed by atoms with Gasteiger partial charge < -0.3 is 10.2 Å². The van der Waals surface area contributed by atoms with E-state index in [4.69, 9.17) is 0 Å². The summed E-state index contributed by atoms with van der Waals surface area (Å²) in [6, 6.07) is 13.7. The molecule has 0 radical (unpaired) electrons. The van der Waals surface area contributed by atoms with Crippen molar-refractivity contribution in [2.24, 2.45) is 0 Å². The summed E-state index contributed by atoms with van der Waals surface area (Å²) in [6.45, 7) is 3.12. The van der Waals surface area contributed by atoms with Gasteiger partial charge in [-0.3, -0.25) is 9.78 Å². The van der Waals surface area contributed by atoms with Gasteiger partial charge in [0, 0.05) is 37.2 Å². The highest BCUT2D eigenvalue weighted by Gasteiger charge is 2.24. The average molecular weight is 359 g/mol. The van der Waals surface area contributed by atoms with E-state index in [0.29, 0.717) is 30.4 Å². The summed E-state index contributed by atoms with van der Waals surface area (Å²) in [6.07, 6.45) is 5.47. The molecule has 0 saturated heterocycles. The summed E-state index contributed by atoms with van der Waals surface area (Å²) in [4.78, 5) is 27.8. The Labute approximate surface area is 158 Å². The number of anilines is 2. The van der Waals surface area contributed by atoms with Gasteiger partial charge in [0.2, 0.25) is 0 Å². The molecule has 0 bridgehead atoms. The zero-order valence-corrected chi connectivity index (χ0v) is 15.2. The van der Waals surface area contributed by atoms with Crippen molar-refractivity contribution in [2.75, 3.05) is 16.8 Å². The summed E-state index contributed by atoms with van der Waals surface area (Å²) < 4.78 is 0. The summed E-state index contributed by atoms with van der Waals surface area (Å²) in [5.41, 5.74) is 3.70. The van der Waals surface area contributed by atoms with Gasteiger partial charge >= 0.3 is 0 Å². The Balaban J connectivity index is 1.57. The van der Waals surface area contributed by atoms with Gasteiger partial charge in [-0.05, 0) is 49.1 Å². The van der Waals surface area contributed by atoms with E-state index in [0.717, 1.165) is 24.1 Å². The van der Waals surface area contributed by atoms with Crippen molar-refractivity contribution in [1.29, 1.82) is 0 Å². The molecule has 2 aromatic heterocycles. The van der Waals surface area contributed by atoms with Gasteiger partial charge in [0.15, 0.2) is 0 Å². The molecule has 3 heterocycles. The first-order chi connectivity index (χ1) is 13.2. The lowest BCUT2D eigenvalue weighted by Gasteiger charge is -2.29. The predicted octanol–water partition coefficient (Wildman–Crippen LogP) is 3.39. The van der Waals surface area contributed by atoms with E-state index in [2.05, 4.69) is 26.3 Å².